The van der Waals surface area contributed by atoms with Crippen LogP contribution in [-0.4, -0.2) is 18.1 Å². The first kappa shape index (κ1) is 31.1. The van der Waals surface area contributed by atoms with E-state index < -0.39 is 46.3 Å². The smallest absolute Gasteiger partial charge is 0.433 e. The number of aromatic nitrogens is 1. The first-order valence-corrected chi connectivity index (χ1v) is 12.6. The zero-order valence-corrected chi connectivity index (χ0v) is 23.7. The summed E-state index contributed by atoms with van der Waals surface area (Å²) in [5.41, 5.74) is -2.33. The number of hydrogen-bond acceptors (Lipinski definition) is 4. The topological polar surface area (TPSA) is 39.2 Å². The van der Waals surface area contributed by atoms with Gasteiger partial charge in [-0.05, 0) is 45.4 Å². The van der Waals surface area contributed by atoms with Crippen LogP contribution in [0.2, 0.25) is 0 Å². The molecule has 0 radical (unpaired) electrons. The van der Waals surface area contributed by atoms with Gasteiger partial charge < -0.3 is 4.74 Å². The van der Waals surface area contributed by atoms with Crippen molar-refractivity contribution >= 4 is 18.6 Å². The maximum absolute atomic E-state index is 14.4. The minimum Gasteiger partial charge on any atom is -0.465 e. The zero-order chi connectivity index (χ0) is 28.7. The molecule has 1 aromatic heterocycles. The van der Waals surface area contributed by atoms with Crippen LogP contribution in [0.3, 0.4) is 0 Å². The van der Waals surface area contributed by atoms with Crippen molar-refractivity contribution < 1.29 is 31.5 Å². The maximum Gasteiger partial charge on any atom is 0.433 e. The molecule has 1 unspecified atom stereocenters. The summed E-state index contributed by atoms with van der Waals surface area (Å²) in [5, 5.41) is -1.20. The average Bonchev–Trinajstić information content (AvgIpc) is 2.74. The lowest BCUT2D eigenvalue weighted by Gasteiger charge is -2.29. The Morgan fingerprint density at radius 3 is 1.81 bits per heavy atom. The number of thiol groups is 1. The van der Waals surface area contributed by atoms with E-state index >= 15 is 0 Å². The third-order valence-electron chi connectivity index (χ3n) is 6.12. The minimum absolute atomic E-state index is 0.0762. The fraction of sp³-hybridized carbons (Fsp3) is 0.571. The van der Waals surface area contributed by atoms with Gasteiger partial charge in [-0.25, -0.2) is 18.6 Å². The van der Waals surface area contributed by atoms with Crippen molar-refractivity contribution in [3.05, 3.63) is 63.0 Å². The highest BCUT2D eigenvalue weighted by molar-refractivity contribution is 7.80. The molecule has 0 saturated carbocycles. The molecule has 0 saturated heterocycles. The van der Waals surface area contributed by atoms with E-state index in [0.717, 1.165) is 18.2 Å². The molecule has 1 aromatic carbocycles. The number of esters is 1. The Kier molecular flexibility index (Phi) is 9.16. The maximum atomic E-state index is 14.4. The van der Waals surface area contributed by atoms with Crippen LogP contribution in [0.15, 0.2) is 18.2 Å². The Morgan fingerprint density at radius 1 is 0.973 bits per heavy atom. The van der Waals surface area contributed by atoms with Gasteiger partial charge in [0.25, 0.3) is 6.43 Å². The van der Waals surface area contributed by atoms with E-state index in [2.05, 4.69) is 17.6 Å². The lowest BCUT2D eigenvalue weighted by molar-refractivity contribution is -0.142. The summed E-state index contributed by atoms with van der Waals surface area (Å²) in [5.74, 6) is -1.42. The number of alkyl halides is 5. The third-order valence-corrected chi connectivity index (χ3v) is 6.68. The Morgan fingerprint density at radius 2 is 1.46 bits per heavy atom. The number of rotatable bonds is 6. The van der Waals surface area contributed by atoms with Crippen molar-refractivity contribution in [1.29, 1.82) is 0 Å². The molecule has 1 heterocycles. The number of carbonyl (C=O) groups is 1. The second-order valence-corrected chi connectivity index (χ2v) is 12.3. The number of nitrogens with zero attached hydrogens (tertiary/aromatic N) is 1. The van der Waals surface area contributed by atoms with Crippen LogP contribution < -0.4 is 0 Å². The first-order chi connectivity index (χ1) is 16.7. The summed E-state index contributed by atoms with van der Waals surface area (Å²) in [7, 11) is 0.995. The van der Waals surface area contributed by atoms with Crippen LogP contribution in [0.1, 0.15) is 117 Å². The standard InChI is InChI=1S/C28H36F5NO2S/c1-14(2)10-18-19(25(35)36-9)21(24(29)30)34-23(28(31,32)33)20(18)22(37)15-11-16(26(3,4)5)13-17(12-15)27(6,7)8/h11-14,22,24,37H,10H2,1-9H3. The Labute approximate surface area is 221 Å². The predicted molar refractivity (Wildman–Crippen MR) is 139 cm³/mol. The van der Waals surface area contributed by atoms with Gasteiger partial charge in [-0.3, -0.25) is 0 Å². The molecule has 0 bridgehead atoms. The summed E-state index contributed by atoms with van der Waals surface area (Å²) < 4.78 is 75.8. The highest BCUT2D eigenvalue weighted by atomic mass is 32.1. The molecule has 2 rings (SSSR count). The molecule has 0 N–H and O–H groups in total. The number of halogens is 5. The first-order valence-electron chi connectivity index (χ1n) is 12.0. The molecule has 0 fully saturated rings. The van der Waals surface area contributed by atoms with E-state index in [1.54, 1.807) is 26.0 Å². The number of methoxy groups -OCH3 is 1. The lowest BCUT2D eigenvalue weighted by atomic mass is 9.78. The second kappa shape index (κ2) is 10.9. The average molecular weight is 546 g/mol. The van der Waals surface area contributed by atoms with Gasteiger partial charge in [-0.15, -0.1) is 0 Å². The zero-order valence-electron chi connectivity index (χ0n) is 22.8. The van der Waals surface area contributed by atoms with Gasteiger partial charge in [0, 0.05) is 5.56 Å². The van der Waals surface area contributed by atoms with Crippen molar-refractivity contribution in [2.45, 2.75) is 90.5 Å². The van der Waals surface area contributed by atoms with E-state index in [4.69, 9.17) is 4.74 Å². The van der Waals surface area contributed by atoms with Crippen molar-refractivity contribution in [2.24, 2.45) is 5.92 Å². The molecule has 2 aromatic rings. The molecular formula is C28H36F5NO2S. The molecule has 9 heteroatoms. The fourth-order valence-electron chi connectivity index (χ4n) is 4.13. The molecule has 37 heavy (non-hydrogen) atoms. The number of pyridine rings is 1. The van der Waals surface area contributed by atoms with E-state index in [-0.39, 0.29) is 28.7 Å². The van der Waals surface area contributed by atoms with E-state index in [1.165, 1.54) is 0 Å². The lowest BCUT2D eigenvalue weighted by Crippen LogP contribution is -2.24. The number of benzene rings is 1. The summed E-state index contributed by atoms with van der Waals surface area (Å²) in [6.45, 7) is 15.4. The van der Waals surface area contributed by atoms with Crippen molar-refractivity contribution in [3.8, 4) is 0 Å². The quantitative estimate of drug-likeness (QED) is 0.224. The number of hydrogen-bond donors (Lipinski definition) is 1. The predicted octanol–water partition coefficient (Wildman–Crippen LogP) is 8.64. The summed E-state index contributed by atoms with van der Waals surface area (Å²) >= 11 is 4.64. The summed E-state index contributed by atoms with van der Waals surface area (Å²) in [6.07, 6.45) is -8.55. The van der Waals surface area contributed by atoms with Crippen LogP contribution in [0.25, 0.3) is 0 Å². The second-order valence-electron chi connectivity index (χ2n) is 11.7. The largest absolute Gasteiger partial charge is 0.465 e. The molecule has 0 spiro atoms. The van der Waals surface area contributed by atoms with Gasteiger partial charge in [0.05, 0.1) is 17.9 Å². The monoisotopic (exact) mass is 545 g/mol. The Balaban J connectivity index is 3.10. The Hall–Kier alpha value is -2.16. The molecule has 0 aliphatic heterocycles. The number of ether oxygens (including phenoxy) is 1. The fourth-order valence-corrected chi connectivity index (χ4v) is 4.56. The van der Waals surface area contributed by atoms with Crippen molar-refractivity contribution in [2.75, 3.05) is 7.11 Å². The molecule has 3 nitrogen and oxygen atoms in total. The third kappa shape index (κ3) is 7.03. The highest BCUT2D eigenvalue weighted by Crippen LogP contribution is 2.45. The van der Waals surface area contributed by atoms with Crippen LogP contribution in [-0.2, 0) is 28.2 Å². The van der Waals surface area contributed by atoms with E-state index in [9.17, 15) is 26.7 Å². The highest BCUT2D eigenvalue weighted by Gasteiger charge is 2.42. The van der Waals surface area contributed by atoms with Crippen LogP contribution in [0, 0.1) is 5.92 Å². The van der Waals surface area contributed by atoms with Crippen molar-refractivity contribution in [3.63, 3.8) is 0 Å². The molecule has 206 valence electrons. The van der Waals surface area contributed by atoms with Gasteiger partial charge in [-0.1, -0.05) is 73.6 Å². The van der Waals surface area contributed by atoms with Gasteiger partial charge in [0.2, 0.25) is 0 Å². The molecule has 1 atom stereocenters. The number of carbonyl (C=O) groups excluding carboxylic acids is 1. The van der Waals surface area contributed by atoms with Crippen LogP contribution >= 0.6 is 12.6 Å². The SMILES string of the molecule is COC(=O)c1c(C(F)F)nc(C(F)(F)F)c(C(S)c2cc(C(C)(C)C)cc(C(C)(C)C)c2)c1CC(C)C. The van der Waals surface area contributed by atoms with Crippen LogP contribution in [0.5, 0.6) is 0 Å². The van der Waals surface area contributed by atoms with Gasteiger partial charge in [0.1, 0.15) is 11.4 Å². The Bertz CT molecular complexity index is 1110. The van der Waals surface area contributed by atoms with Crippen LogP contribution in [0.4, 0.5) is 22.0 Å². The molecule has 0 aliphatic rings. The summed E-state index contributed by atoms with van der Waals surface area (Å²) in [4.78, 5) is 16.0. The van der Waals surface area contributed by atoms with Crippen molar-refractivity contribution in [1.82, 2.24) is 4.98 Å². The van der Waals surface area contributed by atoms with Gasteiger partial charge in [0.15, 0.2) is 0 Å². The van der Waals surface area contributed by atoms with E-state index in [0.29, 0.717) is 5.56 Å². The molecule has 0 amide bonds. The molecule has 0 aliphatic carbocycles. The summed E-state index contributed by atoms with van der Waals surface area (Å²) in [6, 6.07) is 5.58. The van der Waals surface area contributed by atoms with E-state index in [1.807, 2.05) is 47.6 Å². The molecular weight excluding hydrogens is 509 g/mol. The van der Waals surface area contributed by atoms with Gasteiger partial charge in [-0.2, -0.15) is 25.8 Å². The van der Waals surface area contributed by atoms with Gasteiger partial charge >= 0.3 is 12.1 Å². The minimum atomic E-state index is -5.06. The normalized spacial score (nSPS) is 13.9.